The maximum atomic E-state index is 12.3. The van der Waals surface area contributed by atoms with Crippen LogP contribution >= 0.6 is 0 Å². The Kier molecular flexibility index (Phi) is 4.60. The highest BCUT2D eigenvalue weighted by Gasteiger charge is 2.30. The van der Waals surface area contributed by atoms with Crippen LogP contribution in [-0.4, -0.2) is 36.9 Å². The normalized spacial score (nSPS) is 17.3. The van der Waals surface area contributed by atoms with Crippen LogP contribution in [0.25, 0.3) is 0 Å². The molecule has 0 bridgehead atoms. The van der Waals surface area contributed by atoms with Crippen molar-refractivity contribution in [1.29, 1.82) is 5.26 Å². The van der Waals surface area contributed by atoms with E-state index in [0.29, 0.717) is 24.0 Å². The van der Waals surface area contributed by atoms with Gasteiger partial charge in [0.15, 0.2) is 0 Å². The minimum absolute atomic E-state index is 0.129. The molecule has 0 unspecified atom stereocenters. The second-order valence-corrected chi connectivity index (χ2v) is 7.05. The van der Waals surface area contributed by atoms with Gasteiger partial charge in [0.1, 0.15) is 0 Å². The first-order valence-corrected chi connectivity index (χ1v) is 8.23. The number of carboxylic acid groups (broad SMARTS) is 1. The van der Waals surface area contributed by atoms with Crippen LogP contribution in [-0.2, 0) is 20.6 Å². The third kappa shape index (κ3) is 3.80. The SMILES string of the molecule is N#Cc1ccc(CS(=O)(=O)N2CCC(C(=O)O)CC2)cc1. The van der Waals surface area contributed by atoms with Gasteiger partial charge in [-0.1, -0.05) is 12.1 Å². The number of nitrogens with zero attached hydrogens (tertiary/aromatic N) is 2. The third-order valence-corrected chi connectivity index (χ3v) is 5.48. The smallest absolute Gasteiger partial charge is 0.306 e. The quantitative estimate of drug-likeness (QED) is 0.900. The molecular weight excluding hydrogens is 292 g/mol. The number of hydrogen-bond acceptors (Lipinski definition) is 4. The molecule has 0 spiro atoms. The minimum atomic E-state index is -3.45. The Bertz CT molecular complexity index is 653. The third-order valence-electron chi connectivity index (χ3n) is 3.63. The van der Waals surface area contributed by atoms with Crippen molar-refractivity contribution in [2.75, 3.05) is 13.1 Å². The molecule has 0 amide bonds. The molecule has 1 aliphatic rings. The van der Waals surface area contributed by atoms with E-state index in [1.807, 2.05) is 6.07 Å². The molecule has 7 heteroatoms. The molecule has 1 saturated heterocycles. The highest BCUT2D eigenvalue weighted by atomic mass is 32.2. The summed E-state index contributed by atoms with van der Waals surface area (Å²) in [7, 11) is -3.45. The molecule has 1 aromatic carbocycles. The number of carbonyl (C=O) groups is 1. The van der Waals surface area contributed by atoms with Crippen LogP contribution in [0.1, 0.15) is 24.0 Å². The fourth-order valence-electron chi connectivity index (χ4n) is 2.36. The number of nitriles is 1. The summed E-state index contributed by atoms with van der Waals surface area (Å²) in [5.74, 6) is -1.44. The molecule has 1 aromatic rings. The average Bonchev–Trinajstić information content (AvgIpc) is 2.48. The van der Waals surface area contributed by atoms with Crippen LogP contribution in [0.4, 0.5) is 0 Å². The van der Waals surface area contributed by atoms with Crippen LogP contribution in [0.5, 0.6) is 0 Å². The molecule has 0 atom stereocenters. The van der Waals surface area contributed by atoms with Gasteiger partial charge < -0.3 is 5.11 Å². The van der Waals surface area contributed by atoms with Crippen molar-refractivity contribution >= 4 is 16.0 Å². The lowest BCUT2D eigenvalue weighted by Gasteiger charge is -2.29. The minimum Gasteiger partial charge on any atom is -0.481 e. The van der Waals surface area contributed by atoms with Crippen molar-refractivity contribution in [1.82, 2.24) is 4.31 Å². The number of aliphatic carboxylic acids is 1. The zero-order valence-corrected chi connectivity index (χ0v) is 12.2. The van der Waals surface area contributed by atoms with Crippen molar-refractivity contribution in [2.24, 2.45) is 5.92 Å². The Balaban J connectivity index is 2.02. The molecule has 1 aliphatic heterocycles. The van der Waals surface area contributed by atoms with Crippen molar-refractivity contribution < 1.29 is 18.3 Å². The van der Waals surface area contributed by atoms with Gasteiger partial charge in [-0.25, -0.2) is 12.7 Å². The Hall–Kier alpha value is -1.91. The van der Waals surface area contributed by atoms with Gasteiger partial charge in [-0.15, -0.1) is 0 Å². The number of benzene rings is 1. The Morgan fingerprint density at radius 3 is 2.33 bits per heavy atom. The van der Waals surface area contributed by atoms with E-state index in [1.165, 1.54) is 4.31 Å². The summed E-state index contributed by atoms with van der Waals surface area (Å²) >= 11 is 0. The summed E-state index contributed by atoms with van der Waals surface area (Å²) in [6.07, 6.45) is 0.698. The summed E-state index contributed by atoms with van der Waals surface area (Å²) in [6, 6.07) is 8.40. The van der Waals surface area contributed by atoms with E-state index in [9.17, 15) is 13.2 Å². The molecule has 6 nitrogen and oxygen atoms in total. The number of carboxylic acids is 1. The van der Waals surface area contributed by atoms with Crippen molar-refractivity contribution in [2.45, 2.75) is 18.6 Å². The van der Waals surface area contributed by atoms with E-state index < -0.39 is 21.9 Å². The van der Waals surface area contributed by atoms with Gasteiger partial charge in [0, 0.05) is 13.1 Å². The standard InChI is InChI=1S/C14H16N2O4S/c15-9-11-1-3-12(4-2-11)10-21(19,20)16-7-5-13(6-8-16)14(17)18/h1-4,13H,5-8,10H2,(H,17,18). The highest BCUT2D eigenvalue weighted by molar-refractivity contribution is 7.88. The maximum absolute atomic E-state index is 12.3. The van der Waals surface area contributed by atoms with E-state index in [0.717, 1.165) is 0 Å². The maximum Gasteiger partial charge on any atom is 0.306 e. The largest absolute Gasteiger partial charge is 0.481 e. The summed E-state index contributed by atoms with van der Waals surface area (Å²) in [5, 5.41) is 17.6. The fraction of sp³-hybridized carbons (Fsp3) is 0.429. The second kappa shape index (κ2) is 6.24. The van der Waals surface area contributed by atoms with E-state index in [4.69, 9.17) is 10.4 Å². The second-order valence-electron chi connectivity index (χ2n) is 5.08. The summed E-state index contributed by atoms with van der Waals surface area (Å²) in [4.78, 5) is 10.9. The lowest BCUT2D eigenvalue weighted by atomic mass is 9.99. The van der Waals surface area contributed by atoms with E-state index >= 15 is 0 Å². The molecule has 0 saturated carbocycles. The first-order valence-electron chi connectivity index (χ1n) is 6.62. The van der Waals surface area contributed by atoms with Crippen LogP contribution in [0.3, 0.4) is 0 Å². The summed E-state index contributed by atoms with van der Waals surface area (Å²) in [5.41, 5.74) is 1.10. The number of sulfonamides is 1. The van der Waals surface area contributed by atoms with Gasteiger partial charge in [-0.2, -0.15) is 5.26 Å². The van der Waals surface area contributed by atoms with E-state index in [2.05, 4.69) is 0 Å². The Labute approximate surface area is 123 Å². The molecule has 2 rings (SSSR count). The first kappa shape index (κ1) is 15.5. The van der Waals surface area contributed by atoms with Crippen LogP contribution in [0, 0.1) is 17.2 Å². The van der Waals surface area contributed by atoms with E-state index in [1.54, 1.807) is 24.3 Å². The summed E-state index contributed by atoms with van der Waals surface area (Å²) < 4.78 is 26.0. The van der Waals surface area contributed by atoms with Crippen molar-refractivity contribution in [3.63, 3.8) is 0 Å². The zero-order chi connectivity index (χ0) is 15.5. The fourth-order valence-corrected chi connectivity index (χ4v) is 3.92. The summed E-state index contributed by atoms with van der Waals surface area (Å²) in [6.45, 7) is 0.491. The van der Waals surface area contributed by atoms with Gasteiger partial charge in [-0.05, 0) is 30.5 Å². The molecular formula is C14H16N2O4S. The molecule has 0 aliphatic carbocycles. The Morgan fingerprint density at radius 1 is 1.29 bits per heavy atom. The molecule has 1 heterocycles. The molecule has 21 heavy (non-hydrogen) atoms. The number of hydrogen-bond donors (Lipinski definition) is 1. The molecule has 1 N–H and O–H groups in total. The lowest BCUT2D eigenvalue weighted by molar-refractivity contribution is -0.142. The van der Waals surface area contributed by atoms with Crippen molar-refractivity contribution in [3.8, 4) is 6.07 Å². The predicted octanol–water partition coefficient (Wildman–Crippen LogP) is 1.18. The number of piperidine rings is 1. The van der Waals surface area contributed by atoms with Gasteiger partial charge in [0.2, 0.25) is 10.0 Å². The molecule has 1 fully saturated rings. The average molecular weight is 308 g/mol. The van der Waals surface area contributed by atoms with Gasteiger partial charge in [-0.3, -0.25) is 4.79 Å². The lowest BCUT2D eigenvalue weighted by Crippen LogP contribution is -2.40. The Morgan fingerprint density at radius 2 is 1.86 bits per heavy atom. The van der Waals surface area contributed by atoms with E-state index in [-0.39, 0.29) is 18.8 Å². The van der Waals surface area contributed by atoms with Gasteiger partial charge in [0.25, 0.3) is 0 Å². The zero-order valence-electron chi connectivity index (χ0n) is 11.4. The molecule has 0 radical (unpaired) electrons. The highest BCUT2D eigenvalue weighted by Crippen LogP contribution is 2.21. The first-order chi connectivity index (χ1) is 9.92. The monoisotopic (exact) mass is 308 g/mol. The van der Waals surface area contributed by atoms with Crippen LogP contribution in [0.2, 0.25) is 0 Å². The van der Waals surface area contributed by atoms with Gasteiger partial charge in [0.05, 0.1) is 23.3 Å². The van der Waals surface area contributed by atoms with Crippen LogP contribution in [0.15, 0.2) is 24.3 Å². The number of rotatable bonds is 4. The molecule has 0 aromatic heterocycles. The molecule has 112 valence electrons. The topological polar surface area (TPSA) is 98.5 Å². The van der Waals surface area contributed by atoms with Crippen molar-refractivity contribution in [3.05, 3.63) is 35.4 Å². The predicted molar refractivity (Wildman–Crippen MR) is 75.7 cm³/mol. The van der Waals surface area contributed by atoms with Crippen LogP contribution < -0.4 is 0 Å². The van der Waals surface area contributed by atoms with Gasteiger partial charge >= 0.3 is 5.97 Å².